The molecule has 2 heterocycles. The fourth-order valence-corrected chi connectivity index (χ4v) is 3.58. The van der Waals surface area contributed by atoms with Crippen LogP contribution in [0.4, 0.5) is 0 Å². The average molecular weight is 335 g/mol. The van der Waals surface area contributed by atoms with E-state index in [1.165, 1.54) is 0 Å². The fourth-order valence-electron chi connectivity index (χ4n) is 3.40. The first-order valence-electron chi connectivity index (χ1n) is 8.18. The first-order chi connectivity index (χ1) is 11.2. The van der Waals surface area contributed by atoms with Crippen LogP contribution in [0.25, 0.3) is 10.9 Å². The van der Waals surface area contributed by atoms with Gasteiger partial charge in [-0.2, -0.15) is 0 Å². The predicted molar refractivity (Wildman–Crippen MR) is 92.7 cm³/mol. The van der Waals surface area contributed by atoms with E-state index >= 15 is 0 Å². The molecule has 0 spiro atoms. The van der Waals surface area contributed by atoms with Crippen LogP contribution in [0.1, 0.15) is 19.3 Å². The molecule has 23 heavy (non-hydrogen) atoms. The SMILES string of the molecule is COC[C@@H]1CCCN(C(=O)CCn2ccc3cc(Cl)ccc32)C1. The highest BCUT2D eigenvalue weighted by atomic mass is 35.5. The van der Waals surface area contributed by atoms with Crippen LogP contribution in [0.15, 0.2) is 30.5 Å². The van der Waals surface area contributed by atoms with Crippen LogP contribution in [0.2, 0.25) is 5.02 Å². The van der Waals surface area contributed by atoms with E-state index < -0.39 is 0 Å². The summed E-state index contributed by atoms with van der Waals surface area (Å²) >= 11 is 6.02. The van der Waals surface area contributed by atoms with Gasteiger partial charge in [0.05, 0.1) is 6.61 Å². The Morgan fingerprint density at radius 1 is 1.39 bits per heavy atom. The number of hydrogen-bond acceptors (Lipinski definition) is 2. The minimum absolute atomic E-state index is 0.238. The van der Waals surface area contributed by atoms with Crippen LogP contribution in [0.3, 0.4) is 0 Å². The largest absolute Gasteiger partial charge is 0.384 e. The maximum atomic E-state index is 12.5. The summed E-state index contributed by atoms with van der Waals surface area (Å²) in [5.74, 6) is 0.717. The zero-order valence-corrected chi connectivity index (χ0v) is 14.3. The number of piperidine rings is 1. The van der Waals surface area contributed by atoms with Gasteiger partial charge in [0.2, 0.25) is 5.91 Å². The molecule has 1 aliphatic rings. The van der Waals surface area contributed by atoms with Crippen molar-refractivity contribution in [3.05, 3.63) is 35.5 Å². The number of fused-ring (bicyclic) bond motifs is 1. The molecule has 2 aromatic rings. The first kappa shape index (κ1) is 16.3. The van der Waals surface area contributed by atoms with Gasteiger partial charge in [0.15, 0.2) is 0 Å². The lowest BCUT2D eigenvalue weighted by atomic mass is 9.99. The van der Waals surface area contributed by atoms with E-state index in [9.17, 15) is 4.79 Å². The number of likely N-dealkylation sites (tertiary alicyclic amines) is 1. The Balaban J connectivity index is 1.59. The number of methoxy groups -OCH3 is 1. The molecule has 124 valence electrons. The van der Waals surface area contributed by atoms with Crippen molar-refractivity contribution in [2.24, 2.45) is 5.92 Å². The third kappa shape index (κ3) is 3.88. The van der Waals surface area contributed by atoms with E-state index in [2.05, 4.69) is 4.57 Å². The molecule has 0 unspecified atom stereocenters. The zero-order chi connectivity index (χ0) is 16.2. The molecule has 1 aliphatic heterocycles. The van der Waals surface area contributed by atoms with Gasteiger partial charge in [-0.3, -0.25) is 4.79 Å². The lowest BCUT2D eigenvalue weighted by molar-refractivity contribution is -0.133. The second kappa shape index (κ2) is 7.37. The second-order valence-electron chi connectivity index (χ2n) is 6.27. The van der Waals surface area contributed by atoms with Crippen molar-refractivity contribution in [1.29, 1.82) is 0 Å². The quantitative estimate of drug-likeness (QED) is 0.837. The summed E-state index contributed by atoms with van der Waals surface area (Å²) in [7, 11) is 1.73. The Hall–Kier alpha value is -1.52. The molecule has 1 aromatic carbocycles. The smallest absolute Gasteiger partial charge is 0.224 e. The fraction of sp³-hybridized carbons (Fsp3) is 0.500. The van der Waals surface area contributed by atoms with Gasteiger partial charge in [0.1, 0.15) is 0 Å². The standard InChI is InChI=1S/C18H23ClN2O2/c1-23-13-14-3-2-8-21(12-14)18(22)7-10-20-9-6-15-11-16(19)4-5-17(15)20/h4-6,9,11,14H,2-3,7-8,10,12-13H2,1H3/t14-/m1/s1. The topological polar surface area (TPSA) is 34.5 Å². The van der Waals surface area contributed by atoms with Crippen molar-refractivity contribution in [2.45, 2.75) is 25.8 Å². The minimum atomic E-state index is 0.238. The molecule has 1 fully saturated rings. The van der Waals surface area contributed by atoms with Gasteiger partial charge in [0, 0.05) is 55.3 Å². The van der Waals surface area contributed by atoms with Gasteiger partial charge >= 0.3 is 0 Å². The van der Waals surface area contributed by atoms with Gasteiger partial charge in [-0.15, -0.1) is 0 Å². The normalized spacial score (nSPS) is 18.5. The number of nitrogens with zero attached hydrogens (tertiary/aromatic N) is 2. The monoisotopic (exact) mass is 334 g/mol. The highest BCUT2D eigenvalue weighted by molar-refractivity contribution is 6.31. The molecule has 1 saturated heterocycles. The van der Waals surface area contributed by atoms with Gasteiger partial charge in [-0.25, -0.2) is 0 Å². The number of carbonyl (C=O) groups excluding carboxylic acids is 1. The summed E-state index contributed by atoms with van der Waals surface area (Å²) in [6.45, 7) is 3.15. The highest BCUT2D eigenvalue weighted by Crippen LogP contribution is 2.21. The van der Waals surface area contributed by atoms with Crippen LogP contribution < -0.4 is 0 Å². The van der Waals surface area contributed by atoms with Crippen molar-refractivity contribution in [3.8, 4) is 0 Å². The number of halogens is 1. The third-order valence-electron chi connectivity index (χ3n) is 4.57. The van der Waals surface area contributed by atoms with Gasteiger partial charge in [0.25, 0.3) is 0 Å². The number of rotatable bonds is 5. The highest BCUT2D eigenvalue weighted by Gasteiger charge is 2.23. The number of ether oxygens (including phenoxy) is 1. The Kier molecular flexibility index (Phi) is 5.23. The molecule has 5 heteroatoms. The van der Waals surface area contributed by atoms with E-state index in [1.54, 1.807) is 7.11 Å². The lowest BCUT2D eigenvalue weighted by Crippen LogP contribution is -2.41. The molecule has 0 aliphatic carbocycles. The van der Waals surface area contributed by atoms with Crippen LogP contribution in [0, 0.1) is 5.92 Å². The maximum absolute atomic E-state index is 12.5. The van der Waals surface area contributed by atoms with Crippen molar-refractivity contribution in [3.63, 3.8) is 0 Å². The van der Waals surface area contributed by atoms with E-state index in [4.69, 9.17) is 16.3 Å². The molecule has 4 nitrogen and oxygen atoms in total. The van der Waals surface area contributed by atoms with Crippen LogP contribution in [-0.4, -0.2) is 42.2 Å². The van der Waals surface area contributed by atoms with Gasteiger partial charge in [-0.05, 0) is 43.0 Å². The van der Waals surface area contributed by atoms with E-state index in [0.29, 0.717) is 18.9 Å². The summed E-state index contributed by atoms with van der Waals surface area (Å²) < 4.78 is 7.36. The number of aromatic nitrogens is 1. The van der Waals surface area contributed by atoms with E-state index in [-0.39, 0.29) is 5.91 Å². The average Bonchev–Trinajstić information content (AvgIpc) is 2.95. The third-order valence-corrected chi connectivity index (χ3v) is 4.81. The number of carbonyl (C=O) groups is 1. The van der Waals surface area contributed by atoms with Crippen molar-refractivity contribution < 1.29 is 9.53 Å². The number of hydrogen-bond donors (Lipinski definition) is 0. The zero-order valence-electron chi connectivity index (χ0n) is 13.5. The van der Waals surface area contributed by atoms with E-state index in [0.717, 1.165) is 48.5 Å². The Bertz CT molecular complexity index is 681. The van der Waals surface area contributed by atoms with Crippen molar-refractivity contribution in [2.75, 3.05) is 26.8 Å². The molecule has 0 saturated carbocycles. The summed E-state index contributed by atoms with van der Waals surface area (Å²) in [6, 6.07) is 7.90. The van der Waals surface area contributed by atoms with Crippen molar-refractivity contribution in [1.82, 2.24) is 9.47 Å². The molecule has 1 atom stereocenters. The summed E-state index contributed by atoms with van der Waals surface area (Å²) in [5.41, 5.74) is 1.12. The van der Waals surface area contributed by atoms with Crippen LogP contribution >= 0.6 is 11.6 Å². The summed E-state index contributed by atoms with van der Waals surface area (Å²) in [4.78, 5) is 14.5. The lowest BCUT2D eigenvalue weighted by Gasteiger charge is -2.32. The summed E-state index contributed by atoms with van der Waals surface area (Å²) in [5, 5.41) is 1.85. The molecule has 3 rings (SSSR count). The molecule has 1 aromatic heterocycles. The Labute approximate surface area is 142 Å². The second-order valence-corrected chi connectivity index (χ2v) is 6.70. The first-order valence-corrected chi connectivity index (χ1v) is 8.56. The minimum Gasteiger partial charge on any atom is -0.384 e. The Morgan fingerprint density at radius 2 is 2.26 bits per heavy atom. The molecular weight excluding hydrogens is 312 g/mol. The van der Waals surface area contributed by atoms with Crippen LogP contribution in [-0.2, 0) is 16.1 Å². The van der Waals surface area contributed by atoms with Crippen molar-refractivity contribution >= 4 is 28.4 Å². The maximum Gasteiger partial charge on any atom is 0.224 e. The number of amides is 1. The summed E-state index contributed by atoms with van der Waals surface area (Å²) in [6.07, 6.45) is 4.79. The predicted octanol–water partition coefficient (Wildman–Crippen LogP) is 3.57. The molecule has 0 bridgehead atoms. The number of benzene rings is 1. The van der Waals surface area contributed by atoms with Crippen LogP contribution in [0.5, 0.6) is 0 Å². The van der Waals surface area contributed by atoms with Gasteiger partial charge < -0.3 is 14.2 Å². The van der Waals surface area contributed by atoms with E-state index in [1.807, 2.05) is 35.4 Å². The molecule has 1 amide bonds. The number of aryl methyl sites for hydroxylation is 1. The van der Waals surface area contributed by atoms with Gasteiger partial charge in [-0.1, -0.05) is 11.6 Å². The molecule has 0 N–H and O–H groups in total. The Morgan fingerprint density at radius 3 is 3.09 bits per heavy atom. The molecular formula is C18H23ClN2O2. The molecule has 0 radical (unpaired) electrons.